The van der Waals surface area contributed by atoms with Crippen LogP contribution in [0.15, 0.2) is 30.5 Å². The summed E-state index contributed by atoms with van der Waals surface area (Å²) in [6.45, 7) is 5.21. The van der Waals surface area contributed by atoms with Crippen molar-refractivity contribution in [2.24, 2.45) is 0 Å². The lowest BCUT2D eigenvalue weighted by molar-refractivity contribution is -0.112. The van der Waals surface area contributed by atoms with E-state index in [2.05, 4.69) is 22.2 Å². The molecule has 0 aliphatic carbocycles. The Morgan fingerprint density at radius 2 is 1.85 bits per heavy atom. The van der Waals surface area contributed by atoms with E-state index in [-0.39, 0.29) is 19.2 Å². The Bertz CT molecular complexity index is 929. The van der Waals surface area contributed by atoms with Gasteiger partial charge in [-0.05, 0) is 23.6 Å². The van der Waals surface area contributed by atoms with Gasteiger partial charge in [0, 0.05) is 38.9 Å². The number of nitrogens with zero attached hydrogens (tertiary/aromatic N) is 4. The van der Waals surface area contributed by atoms with Crippen molar-refractivity contribution in [3.05, 3.63) is 52.8 Å². The third-order valence-electron chi connectivity index (χ3n) is 5.65. The van der Waals surface area contributed by atoms with Gasteiger partial charge in [-0.1, -0.05) is 37.6 Å². The number of hydrogen-bond donors (Lipinski definition) is 4. The molecule has 2 aromatic rings. The SMILES string of the molecule is CCCCNc1nc(N)nc2c1C(C=O)N(Cc1ccc(CN(CCO)CCO)cc1)C=C2. The molecular formula is C24H34N6O3. The number of anilines is 2. The first-order chi connectivity index (χ1) is 16.1. The lowest BCUT2D eigenvalue weighted by Crippen LogP contribution is -2.30. The van der Waals surface area contributed by atoms with Gasteiger partial charge in [-0.25, -0.2) is 4.98 Å². The van der Waals surface area contributed by atoms with Gasteiger partial charge >= 0.3 is 0 Å². The minimum Gasteiger partial charge on any atom is -0.395 e. The van der Waals surface area contributed by atoms with Crippen molar-refractivity contribution in [1.82, 2.24) is 19.8 Å². The summed E-state index contributed by atoms with van der Waals surface area (Å²) in [5, 5.41) is 21.7. The highest BCUT2D eigenvalue weighted by atomic mass is 16.3. The van der Waals surface area contributed by atoms with Gasteiger partial charge < -0.3 is 31.0 Å². The van der Waals surface area contributed by atoms with Crippen molar-refractivity contribution < 1.29 is 15.0 Å². The Hall–Kier alpha value is -3.01. The Morgan fingerprint density at radius 3 is 2.48 bits per heavy atom. The highest BCUT2D eigenvalue weighted by Gasteiger charge is 2.28. The van der Waals surface area contributed by atoms with Crippen LogP contribution in [0.3, 0.4) is 0 Å². The highest BCUT2D eigenvalue weighted by Crippen LogP contribution is 2.34. The maximum Gasteiger partial charge on any atom is 0.222 e. The summed E-state index contributed by atoms with van der Waals surface area (Å²) in [6.07, 6.45) is 6.70. The monoisotopic (exact) mass is 454 g/mol. The molecule has 0 spiro atoms. The fourth-order valence-corrected chi connectivity index (χ4v) is 3.94. The Balaban J connectivity index is 1.75. The van der Waals surface area contributed by atoms with Crippen molar-refractivity contribution in [1.29, 1.82) is 0 Å². The zero-order valence-electron chi connectivity index (χ0n) is 19.2. The summed E-state index contributed by atoms with van der Waals surface area (Å²) in [6, 6.07) is 7.64. The largest absolute Gasteiger partial charge is 0.395 e. The van der Waals surface area contributed by atoms with Crippen LogP contribution in [0.2, 0.25) is 0 Å². The Kier molecular flexibility index (Phi) is 9.17. The fraction of sp³-hybridized carbons (Fsp3) is 0.458. The van der Waals surface area contributed by atoms with E-state index in [1.807, 2.05) is 46.3 Å². The van der Waals surface area contributed by atoms with Crippen LogP contribution < -0.4 is 11.1 Å². The van der Waals surface area contributed by atoms with Gasteiger partial charge in [-0.15, -0.1) is 0 Å². The molecule has 3 rings (SSSR count). The average molecular weight is 455 g/mol. The number of aliphatic hydroxyl groups excluding tert-OH is 2. The molecule has 1 aromatic heterocycles. The van der Waals surface area contributed by atoms with Crippen molar-refractivity contribution >= 4 is 24.1 Å². The first-order valence-electron chi connectivity index (χ1n) is 11.4. The van der Waals surface area contributed by atoms with Gasteiger partial charge in [0.05, 0.1) is 24.5 Å². The molecule has 0 fully saturated rings. The van der Waals surface area contributed by atoms with E-state index in [1.54, 1.807) is 0 Å². The summed E-state index contributed by atoms with van der Waals surface area (Å²) in [4.78, 5) is 24.8. The number of aldehydes is 1. The molecule has 1 atom stereocenters. The number of carbonyl (C=O) groups is 1. The number of fused-ring (bicyclic) bond motifs is 1. The number of benzene rings is 1. The average Bonchev–Trinajstić information content (AvgIpc) is 2.80. The topological polar surface area (TPSA) is 128 Å². The van der Waals surface area contributed by atoms with E-state index in [0.717, 1.165) is 42.4 Å². The molecule has 5 N–H and O–H groups in total. The number of aliphatic hydroxyl groups is 2. The Labute approximate surface area is 195 Å². The van der Waals surface area contributed by atoms with E-state index in [9.17, 15) is 15.0 Å². The molecule has 33 heavy (non-hydrogen) atoms. The van der Waals surface area contributed by atoms with Crippen LogP contribution in [-0.2, 0) is 17.9 Å². The van der Waals surface area contributed by atoms with Crippen LogP contribution >= 0.6 is 0 Å². The minimum absolute atomic E-state index is 0.0542. The van der Waals surface area contributed by atoms with Crippen LogP contribution in [0.1, 0.15) is 48.2 Å². The van der Waals surface area contributed by atoms with E-state index in [4.69, 9.17) is 5.73 Å². The molecule has 0 amide bonds. The van der Waals surface area contributed by atoms with Crippen LogP contribution in [0, 0.1) is 0 Å². The molecule has 9 heteroatoms. The standard InChI is InChI=1S/C24H34N6O3/c1-2-3-9-26-23-22-20(27-24(25)28-23)8-10-30(21(22)17-33)16-19-6-4-18(5-7-19)15-29(11-13-31)12-14-32/h4-8,10,17,21,31-32H,2-3,9,11-16H2,1H3,(H3,25,26,27,28). The van der Waals surface area contributed by atoms with Crippen LogP contribution in [0.5, 0.6) is 0 Å². The van der Waals surface area contributed by atoms with Gasteiger partial charge in [-0.3, -0.25) is 4.90 Å². The molecule has 0 saturated heterocycles. The normalized spacial score (nSPS) is 15.0. The highest BCUT2D eigenvalue weighted by molar-refractivity contribution is 5.74. The lowest BCUT2D eigenvalue weighted by Gasteiger charge is -2.32. The predicted octanol–water partition coefficient (Wildman–Crippen LogP) is 1.78. The molecule has 2 heterocycles. The van der Waals surface area contributed by atoms with Gasteiger partial charge in [0.1, 0.15) is 18.1 Å². The minimum atomic E-state index is -0.515. The van der Waals surface area contributed by atoms with E-state index >= 15 is 0 Å². The number of nitrogen functional groups attached to an aromatic ring is 1. The molecule has 0 bridgehead atoms. The van der Waals surface area contributed by atoms with E-state index in [0.29, 0.717) is 37.7 Å². The van der Waals surface area contributed by atoms with Gasteiger partial charge in [0.15, 0.2) is 0 Å². The maximum atomic E-state index is 12.2. The second-order valence-electron chi connectivity index (χ2n) is 8.12. The van der Waals surface area contributed by atoms with Crippen LogP contribution in [0.4, 0.5) is 11.8 Å². The number of carbonyl (C=O) groups excluding carboxylic acids is 1. The summed E-state index contributed by atoms with van der Waals surface area (Å²) in [7, 11) is 0. The molecule has 9 nitrogen and oxygen atoms in total. The van der Waals surface area contributed by atoms with E-state index in [1.165, 1.54) is 0 Å². The first-order valence-corrected chi connectivity index (χ1v) is 11.4. The second-order valence-corrected chi connectivity index (χ2v) is 8.12. The van der Waals surface area contributed by atoms with Crippen LogP contribution in [0.25, 0.3) is 6.08 Å². The molecular weight excluding hydrogens is 420 g/mol. The molecule has 1 aliphatic heterocycles. The maximum absolute atomic E-state index is 12.2. The van der Waals surface area contributed by atoms with Gasteiger partial charge in [0.25, 0.3) is 0 Å². The van der Waals surface area contributed by atoms with Crippen molar-refractivity contribution in [2.75, 3.05) is 43.9 Å². The van der Waals surface area contributed by atoms with Crippen molar-refractivity contribution in [3.63, 3.8) is 0 Å². The van der Waals surface area contributed by atoms with Gasteiger partial charge in [0.2, 0.25) is 5.95 Å². The number of rotatable bonds is 13. The van der Waals surface area contributed by atoms with Crippen molar-refractivity contribution in [2.45, 2.75) is 38.9 Å². The van der Waals surface area contributed by atoms with Gasteiger partial charge in [-0.2, -0.15) is 4.98 Å². The number of nitrogens with one attached hydrogen (secondary N) is 1. The van der Waals surface area contributed by atoms with E-state index < -0.39 is 6.04 Å². The first kappa shape index (κ1) is 24.6. The molecule has 0 saturated carbocycles. The quantitative estimate of drug-likeness (QED) is 0.264. The number of aromatic nitrogens is 2. The third kappa shape index (κ3) is 6.50. The van der Waals surface area contributed by atoms with Crippen molar-refractivity contribution in [3.8, 4) is 0 Å². The predicted molar refractivity (Wildman–Crippen MR) is 129 cm³/mol. The number of nitrogens with two attached hydrogens (primary N) is 1. The lowest BCUT2D eigenvalue weighted by atomic mass is 10.0. The molecule has 178 valence electrons. The fourth-order valence-electron chi connectivity index (χ4n) is 3.94. The second kappa shape index (κ2) is 12.3. The smallest absolute Gasteiger partial charge is 0.222 e. The zero-order valence-corrected chi connectivity index (χ0v) is 19.2. The number of unbranched alkanes of at least 4 members (excludes halogenated alkanes) is 1. The summed E-state index contributed by atoms with van der Waals surface area (Å²) < 4.78 is 0. The molecule has 1 unspecified atom stereocenters. The van der Waals surface area contributed by atoms with Crippen LogP contribution in [-0.4, -0.2) is 69.1 Å². The summed E-state index contributed by atoms with van der Waals surface area (Å²) in [5.41, 5.74) is 9.46. The number of hydrogen-bond acceptors (Lipinski definition) is 9. The molecule has 1 aliphatic rings. The summed E-state index contributed by atoms with van der Waals surface area (Å²) in [5.74, 6) is 0.795. The molecule has 0 radical (unpaired) electrons. The third-order valence-corrected chi connectivity index (χ3v) is 5.65. The zero-order chi connectivity index (χ0) is 23.6. The Morgan fingerprint density at radius 1 is 1.15 bits per heavy atom. The summed E-state index contributed by atoms with van der Waals surface area (Å²) >= 11 is 0. The molecule has 1 aromatic carbocycles.